The van der Waals surface area contributed by atoms with Gasteiger partial charge in [-0.3, -0.25) is 9.59 Å². The van der Waals surface area contributed by atoms with Crippen LogP contribution < -0.4 is 0 Å². The van der Waals surface area contributed by atoms with E-state index in [2.05, 4.69) is 10.1 Å². The molecular formula is C26H22ClN5O2. The summed E-state index contributed by atoms with van der Waals surface area (Å²) in [5.41, 5.74) is 2.28. The second-order valence-corrected chi connectivity index (χ2v) is 8.40. The number of aromatic nitrogens is 3. The third-order valence-corrected chi connectivity index (χ3v) is 6.03. The number of rotatable bonds is 4. The van der Waals surface area contributed by atoms with Crippen molar-refractivity contribution in [2.24, 2.45) is 0 Å². The second-order valence-electron chi connectivity index (χ2n) is 7.96. The van der Waals surface area contributed by atoms with Gasteiger partial charge in [-0.1, -0.05) is 60.1 Å². The number of carbonyl (C=O) groups excluding carboxylic acids is 2. The van der Waals surface area contributed by atoms with Crippen LogP contribution in [0.3, 0.4) is 0 Å². The molecule has 7 nitrogen and oxygen atoms in total. The largest absolute Gasteiger partial charge is 0.335 e. The third-order valence-electron chi connectivity index (χ3n) is 5.78. The number of piperazine rings is 1. The topological polar surface area (TPSA) is 71.3 Å². The van der Waals surface area contributed by atoms with E-state index in [0.717, 1.165) is 11.3 Å². The van der Waals surface area contributed by atoms with Gasteiger partial charge in [-0.25, -0.2) is 9.67 Å². The van der Waals surface area contributed by atoms with Crippen molar-refractivity contribution in [2.75, 3.05) is 26.2 Å². The fraction of sp³-hybridized carbons (Fsp3) is 0.154. The quantitative estimate of drug-likeness (QED) is 0.447. The lowest BCUT2D eigenvalue weighted by Crippen LogP contribution is -2.50. The van der Waals surface area contributed by atoms with E-state index in [1.54, 1.807) is 38.7 Å². The Hall–Kier alpha value is -3.97. The van der Waals surface area contributed by atoms with E-state index in [1.165, 1.54) is 0 Å². The smallest absolute Gasteiger partial charge is 0.293 e. The van der Waals surface area contributed by atoms with Crippen LogP contribution in [0.15, 0.2) is 84.9 Å². The molecule has 34 heavy (non-hydrogen) atoms. The summed E-state index contributed by atoms with van der Waals surface area (Å²) in [7, 11) is 0. The van der Waals surface area contributed by atoms with Gasteiger partial charge in [0.15, 0.2) is 5.82 Å². The second kappa shape index (κ2) is 9.49. The minimum atomic E-state index is -0.245. The maximum atomic E-state index is 13.3. The van der Waals surface area contributed by atoms with E-state index in [4.69, 9.17) is 11.6 Å². The standard InChI is InChI=1S/C26H22ClN5O2/c27-21-13-11-20(12-14-21)25(33)30-15-17-31(18-16-30)26(34)23-28-24(19-7-3-1-4-8-19)32(29-23)22-9-5-2-6-10-22/h1-14H,15-18H2. The van der Waals surface area contributed by atoms with Gasteiger partial charge in [-0.15, -0.1) is 5.10 Å². The summed E-state index contributed by atoms with van der Waals surface area (Å²) < 4.78 is 1.70. The molecule has 1 aliphatic rings. The number of carbonyl (C=O) groups is 2. The zero-order chi connectivity index (χ0) is 23.5. The summed E-state index contributed by atoms with van der Waals surface area (Å²) in [6.07, 6.45) is 0. The fourth-order valence-electron chi connectivity index (χ4n) is 3.96. The van der Waals surface area contributed by atoms with Crippen molar-refractivity contribution in [1.29, 1.82) is 0 Å². The van der Waals surface area contributed by atoms with E-state index < -0.39 is 0 Å². The van der Waals surface area contributed by atoms with Crippen LogP contribution in [0.2, 0.25) is 5.02 Å². The Balaban J connectivity index is 1.35. The molecule has 170 valence electrons. The minimum Gasteiger partial charge on any atom is -0.335 e. The van der Waals surface area contributed by atoms with E-state index in [9.17, 15) is 9.59 Å². The van der Waals surface area contributed by atoms with Gasteiger partial charge in [0, 0.05) is 42.3 Å². The van der Waals surface area contributed by atoms with Crippen molar-refractivity contribution in [2.45, 2.75) is 0 Å². The predicted octanol–water partition coefficient (Wildman–Crippen LogP) is 4.19. The molecule has 5 rings (SSSR count). The van der Waals surface area contributed by atoms with Gasteiger partial charge >= 0.3 is 0 Å². The highest BCUT2D eigenvalue weighted by atomic mass is 35.5. The number of halogens is 1. The lowest BCUT2D eigenvalue weighted by Gasteiger charge is -2.34. The zero-order valence-corrected chi connectivity index (χ0v) is 19.1. The van der Waals surface area contributed by atoms with Crippen LogP contribution in [0.5, 0.6) is 0 Å². The Morgan fingerprint density at radius 3 is 1.88 bits per heavy atom. The van der Waals surface area contributed by atoms with Crippen LogP contribution in [0.4, 0.5) is 0 Å². The molecule has 1 fully saturated rings. The summed E-state index contributed by atoms with van der Waals surface area (Å²) in [5.74, 6) is 0.430. The summed E-state index contributed by atoms with van der Waals surface area (Å²) in [6, 6.07) is 26.1. The molecule has 2 heterocycles. The number of hydrogen-bond donors (Lipinski definition) is 0. The maximum Gasteiger partial charge on any atom is 0.293 e. The molecule has 2 amide bonds. The molecule has 4 aromatic rings. The van der Waals surface area contributed by atoms with Crippen LogP contribution in [0.25, 0.3) is 17.1 Å². The molecule has 0 radical (unpaired) electrons. The van der Waals surface area contributed by atoms with Crippen LogP contribution in [-0.2, 0) is 0 Å². The SMILES string of the molecule is O=C(c1ccc(Cl)cc1)N1CCN(C(=O)c2nc(-c3ccccc3)n(-c3ccccc3)n2)CC1. The molecule has 1 aromatic heterocycles. The molecule has 0 atom stereocenters. The average Bonchev–Trinajstić information content (AvgIpc) is 3.35. The highest BCUT2D eigenvalue weighted by molar-refractivity contribution is 6.30. The van der Waals surface area contributed by atoms with Gasteiger partial charge in [-0.05, 0) is 36.4 Å². The Bertz CT molecular complexity index is 1240. The van der Waals surface area contributed by atoms with Crippen molar-refractivity contribution in [3.05, 3.63) is 101 Å². The number of nitrogens with zero attached hydrogens (tertiary/aromatic N) is 5. The highest BCUT2D eigenvalue weighted by Gasteiger charge is 2.28. The van der Waals surface area contributed by atoms with Gasteiger partial charge < -0.3 is 9.80 Å². The number of benzene rings is 3. The lowest BCUT2D eigenvalue weighted by atomic mass is 10.2. The normalized spacial score (nSPS) is 13.7. The van der Waals surface area contributed by atoms with Gasteiger partial charge in [0.05, 0.1) is 5.69 Å². The molecule has 0 aliphatic carbocycles. The Labute approximate surface area is 202 Å². The Kier molecular flexibility index (Phi) is 6.10. The maximum absolute atomic E-state index is 13.3. The van der Waals surface area contributed by atoms with E-state index in [-0.39, 0.29) is 17.6 Å². The first-order valence-corrected chi connectivity index (χ1v) is 11.4. The first kappa shape index (κ1) is 21.9. The molecule has 3 aromatic carbocycles. The van der Waals surface area contributed by atoms with E-state index in [1.807, 2.05) is 60.7 Å². The first-order chi connectivity index (χ1) is 16.6. The first-order valence-electron chi connectivity index (χ1n) is 11.0. The van der Waals surface area contributed by atoms with Gasteiger partial charge in [0.25, 0.3) is 11.8 Å². The van der Waals surface area contributed by atoms with Gasteiger partial charge in [-0.2, -0.15) is 0 Å². The number of para-hydroxylation sites is 1. The molecule has 1 saturated heterocycles. The van der Waals surface area contributed by atoms with Crippen molar-refractivity contribution in [3.63, 3.8) is 0 Å². The van der Waals surface area contributed by atoms with Crippen LogP contribution in [-0.4, -0.2) is 62.6 Å². The summed E-state index contributed by atoms with van der Waals surface area (Å²) >= 11 is 5.92. The monoisotopic (exact) mass is 471 g/mol. The Morgan fingerprint density at radius 2 is 1.26 bits per heavy atom. The zero-order valence-electron chi connectivity index (χ0n) is 18.3. The average molecular weight is 472 g/mol. The predicted molar refractivity (Wildman–Crippen MR) is 130 cm³/mol. The van der Waals surface area contributed by atoms with Crippen LogP contribution in [0.1, 0.15) is 21.0 Å². The van der Waals surface area contributed by atoms with Crippen molar-refractivity contribution >= 4 is 23.4 Å². The third kappa shape index (κ3) is 4.43. The van der Waals surface area contributed by atoms with Crippen LogP contribution in [0, 0.1) is 0 Å². The molecule has 0 N–H and O–H groups in total. The molecule has 0 spiro atoms. The summed E-state index contributed by atoms with van der Waals surface area (Å²) in [5, 5.41) is 5.15. The molecular weight excluding hydrogens is 450 g/mol. The lowest BCUT2D eigenvalue weighted by molar-refractivity contribution is 0.0529. The molecule has 1 aliphatic heterocycles. The molecule has 0 saturated carbocycles. The molecule has 0 unspecified atom stereocenters. The molecule has 8 heteroatoms. The fourth-order valence-corrected chi connectivity index (χ4v) is 4.08. The van der Waals surface area contributed by atoms with Crippen molar-refractivity contribution in [1.82, 2.24) is 24.6 Å². The number of amides is 2. The Morgan fingerprint density at radius 1 is 0.706 bits per heavy atom. The van der Waals surface area contributed by atoms with Gasteiger partial charge in [0.1, 0.15) is 0 Å². The minimum absolute atomic E-state index is 0.0680. The summed E-state index contributed by atoms with van der Waals surface area (Å²) in [4.78, 5) is 34.1. The summed E-state index contributed by atoms with van der Waals surface area (Å²) in [6.45, 7) is 1.72. The van der Waals surface area contributed by atoms with Crippen molar-refractivity contribution < 1.29 is 9.59 Å². The van der Waals surface area contributed by atoms with Crippen molar-refractivity contribution in [3.8, 4) is 17.1 Å². The van der Waals surface area contributed by atoms with E-state index in [0.29, 0.717) is 42.6 Å². The number of hydrogen-bond acceptors (Lipinski definition) is 4. The highest BCUT2D eigenvalue weighted by Crippen LogP contribution is 2.22. The van der Waals surface area contributed by atoms with Crippen LogP contribution >= 0.6 is 11.6 Å². The van der Waals surface area contributed by atoms with E-state index >= 15 is 0 Å². The van der Waals surface area contributed by atoms with Gasteiger partial charge in [0.2, 0.25) is 5.82 Å². The molecule has 0 bridgehead atoms.